The molecule has 2 aliphatic rings. The van der Waals surface area contributed by atoms with E-state index in [1.54, 1.807) is 19.2 Å². The number of rotatable bonds is 6. The number of aryl methyl sites for hydroxylation is 1. The lowest BCUT2D eigenvalue weighted by Gasteiger charge is -2.20. The first-order valence-electron chi connectivity index (χ1n) is 11.0. The number of nitrogen functional groups attached to an aromatic ring is 1. The summed E-state index contributed by atoms with van der Waals surface area (Å²) in [5.41, 5.74) is 13.6. The van der Waals surface area contributed by atoms with E-state index in [9.17, 15) is 10.1 Å². The third-order valence-electron chi connectivity index (χ3n) is 6.30. The summed E-state index contributed by atoms with van der Waals surface area (Å²) in [6.07, 6.45) is 4.46. The molecule has 33 heavy (non-hydrogen) atoms. The summed E-state index contributed by atoms with van der Waals surface area (Å²) in [4.78, 5) is 24.9. The number of nitrogens with zero attached hydrogens (tertiary/aromatic N) is 4. The van der Waals surface area contributed by atoms with Gasteiger partial charge in [-0.1, -0.05) is 0 Å². The number of hydrogen-bond donors (Lipinski definition) is 2. The topological polar surface area (TPSA) is 140 Å². The van der Waals surface area contributed by atoms with Crippen molar-refractivity contribution in [1.29, 1.82) is 5.26 Å². The molecule has 0 aromatic carbocycles. The Bertz CT molecular complexity index is 1120. The highest BCUT2D eigenvalue weighted by Crippen LogP contribution is 2.42. The second-order valence-electron chi connectivity index (χ2n) is 8.39. The van der Waals surface area contributed by atoms with Crippen molar-refractivity contribution in [3.8, 4) is 17.7 Å². The van der Waals surface area contributed by atoms with Crippen molar-refractivity contribution in [1.82, 2.24) is 9.88 Å². The SMILES string of the molecule is COc1cc(OCC2CCCN2C)nc(C(N)=NC(=O)C2CCCc3sc(N)c(C#N)c32)c1. The number of likely N-dealkylation sites (N-methyl/N-ethyl adjacent to an activating group) is 1. The standard InChI is InChI=1S/C23H28N6O3S/c1-29-8-4-5-13(29)12-32-19-10-14(31-2)9-17(27-19)21(25)28-23(30)15-6-3-7-18-20(15)16(11-24)22(26)33-18/h9-10,13,15H,3-8,12,26H2,1-2H3,(H2,25,28,30). The van der Waals surface area contributed by atoms with Gasteiger partial charge in [-0.05, 0) is 51.3 Å². The Hall–Kier alpha value is -3.16. The van der Waals surface area contributed by atoms with Gasteiger partial charge in [-0.15, -0.1) is 11.3 Å². The van der Waals surface area contributed by atoms with Crippen molar-refractivity contribution in [2.75, 3.05) is 33.0 Å². The van der Waals surface area contributed by atoms with E-state index in [4.69, 9.17) is 20.9 Å². The third kappa shape index (κ3) is 4.79. The molecule has 9 nitrogen and oxygen atoms in total. The molecular weight excluding hydrogens is 440 g/mol. The highest BCUT2D eigenvalue weighted by atomic mass is 32.1. The number of fused-ring (bicyclic) bond motifs is 1. The van der Waals surface area contributed by atoms with Gasteiger partial charge in [-0.2, -0.15) is 10.3 Å². The van der Waals surface area contributed by atoms with Crippen LogP contribution in [0.4, 0.5) is 5.00 Å². The monoisotopic (exact) mass is 468 g/mol. The van der Waals surface area contributed by atoms with E-state index in [-0.39, 0.29) is 5.84 Å². The van der Waals surface area contributed by atoms with E-state index < -0.39 is 11.8 Å². The number of anilines is 1. The molecule has 0 saturated carbocycles. The van der Waals surface area contributed by atoms with Crippen LogP contribution in [-0.2, 0) is 11.2 Å². The molecule has 10 heteroatoms. The molecule has 3 heterocycles. The van der Waals surface area contributed by atoms with Gasteiger partial charge >= 0.3 is 0 Å². The lowest BCUT2D eigenvalue weighted by Crippen LogP contribution is -2.30. The van der Waals surface area contributed by atoms with Gasteiger partial charge in [0.2, 0.25) is 5.88 Å². The van der Waals surface area contributed by atoms with Gasteiger partial charge in [-0.3, -0.25) is 4.79 Å². The second kappa shape index (κ2) is 9.77. The molecule has 1 saturated heterocycles. The number of hydrogen-bond acceptors (Lipinski definition) is 8. The summed E-state index contributed by atoms with van der Waals surface area (Å²) in [6.45, 7) is 1.56. The van der Waals surface area contributed by atoms with E-state index in [0.717, 1.165) is 37.1 Å². The maximum atomic E-state index is 13.1. The Balaban J connectivity index is 1.56. The van der Waals surface area contributed by atoms with Crippen molar-refractivity contribution in [2.45, 2.75) is 44.1 Å². The number of thiophene rings is 1. The number of methoxy groups -OCH3 is 1. The van der Waals surface area contributed by atoms with Gasteiger partial charge in [0.05, 0.1) is 18.6 Å². The highest BCUT2D eigenvalue weighted by Gasteiger charge is 2.32. The molecule has 1 fully saturated rings. The number of carbonyl (C=O) groups is 1. The Kier molecular flexibility index (Phi) is 6.81. The molecule has 1 aliphatic heterocycles. The van der Waals surface area contributed by atoms with Crippen LogP contribution in [-0.4, -0.2) is 55.0 Å². The molecular formula is C23H28N6O3S. The van der Waals surface area contributed by atoms with Crippen LogP contribution in [0.25, 0.3) is 0 Å². The minimum atomic E-state index is -0.533. The van der Waals surface area contributed by atoms with Crippen molar-refractivity contribution in [3.05, 3.63) is 33.8 Å². The Morgan fingerprint density at radius 2 is 2.21 bits per heavy atom. The van der Waals surface area contributed by atoms with Gasteiger partial charge in [-0.25, -0.2) is 4.98 Å². The molecule has 0 radical (unpaired) electrons. The summed E-state index contributed by atoms with van der Waals surface area (Å²) in [5.74, 6) is -0.0713. The van der Waals surface area contributed by atoms with E-state index in [1.807, 2.05) is 0 Å². The molecule has 1 aliphatic carbocycles. The van der Waals surface area contributed by atoms with Crippen LogP contribution in [0.2, 0.25) is 0 Å². The summed E-state index contributed by atoms with van der Waals surface area (Å²) in [6, 6.07) is 5.79. The molecule has 0 spiro atoms. The fraction of sp³-hybridized carbons (Fsp3) is 0.478. The van der Waals surface area contributed by atoms with Crippen LogP contribution < -0.4 is 20.9 Å². The lowest BCUT2D eigenvalue weighted by molar-refractivity contribution is -0.119. The van der Waals surface area contributed by atoms with Crippen LogP contribution in [0.5, 0.6) is 11.6 Å². The van der Waals surface area contributed by atoms with Crippen molar-refractivity contribution < 1.29 is 14.3 Å². The van der Waals surface area contributed by atoms with Gasteiger partial charge in [0.1, 0.15) is 29.1 Å². The largest absolute Gasteiger partial charge is 0.496 e. The van der Waals surface area contributed by atoms with Crippen LogP contribution in [0, 0.1) is 11.3 Å². The summed E-state index contributed by atoms with van der Waals surface area (Å²) in [7, 11) is 3.62. The first kappa shape index (κ1) is 23.0. The number of amides is 1. The molecule has 2 atom stereocenters. The van der Waals surface area contributed by atoms with Crippen molar-refractivity contribution >= 4 is 28.1 Å². The van der Waals surface area contributed by atoms with Crippen LogP contribution in [0.3, 0.4) is 0 Å². The second-order valence-corrected chi connectivity index (χ2v) is 9.52. The number of pyridine rings is 1. The molecule has 2 aromatic rings. The Labute approximate surface area is 197 Å². The molecule has 1 amide bonds. The summed E-state index contributed by atoms with van der Waals surface area (Å²) >= 11 is 1.38. The van der Waals surface area contributed by atoms with E-state index >= 15 is 0 Å². The number of carbonyl (C=O) groups excluding carboxylic acids is 1. The van der Waals surface area contributed by atoms with E-state index in [2.05, 4.69) is 28.0 Å². The van der Waals surface area contributed by atoms with Gasteiger partial charge in [0.15, 0.2) is 5.84 Å². The minimum absolute atomic E-state index is 0.0180. The number of aromatic nitrogens is 1. The predicted octanol–water partition coefficient (Wildman–Crippen LogP) is 2.43. The Morgan fingerprint density at radius 1 is 1.39 bits per heavy atom. The van der Waals surface area contributed by atoms with Crippen LogP contribution in [0.15, 0.2) is 17.1 Å². The molecule has 0 bridgehead atoms. The first-order valence-corrected chi connectivity index (χ1v) is 11.8. The molecule has 2 aromatic heterocycles. The zero-order chi connectivity index (χ0) is 23.5. The van der Waals surface area contributed by atoms with E-state index in [1.165, 1.54) is 11.3 Å². The van der Waals surface area contributed by atoms with Gasteiger partial charge in [0.25, 0.3) is 5.91 Å². The van der Waals surface area contributed by atoms with Crippen molar-refractivity contribution in [2.24, 2.45) is 10.7 Å². The average molecular weight is 469 g/mol. The molecule has 4 N–H and O–H groups in total. The number of aliphatic imine (C=N–C) groups is 1. The summed E-state index contributed by atoms with van der Waals surface area (Å²) in [5, 5.41) is 9.97. The normalized spacial score (nSPS) is 20.8. The first-order chi connectivity index (χ1) is 15.9. The lowest BCUT2D eigenvalue weighted by atomic mass is 9.85. The van der Waals surface area contributed by atoms with Crippen LogP contribution in [0.1, 0.15) is 53.3 Å². The number of nitriles is 1. The zero-order valence-electron chi connectivity index (χ0n) is 18.8. The van der Waals surface area contributed by atoms with Crippen LogP contribution >= 0.6 is 11.3 Å². The maximum absolute atomic E-state index is 13.1. The summed E-state index contributed by atoms with van der Waals surface area (Å²) < 4.78 is 11.3. The van der Waals surface area contributed by atoms with Gasteiger partial charge < -0.3 is 25.8 Å². The molecule has 174 valence electrons. The molecule has 2 unspecified atom stereocenters. The maximum Gasteiger partial charge on any atom is 0.255 e. The van der Waals surface area contributed by atoms with Gasteiger partial charge in [0, 0.05) is 23.1 Å². The number of nitrogens with two attached hydrogens (primary N) is 2. The molecule has 4 rings (SSSR count). The van der Waals surface area contributed by atoms with E-state index in [0.29, 0.717) is 52.5 Å². The quantitative estimate of drug-likeness (QED) is 0.487. The van der Waals surface area contributed by atoms with Crippen molar-refractivity contribution in [3.63, 3.8) is 0 Å². The Morgan fingerprint density at radius 3 is 2.91 bits per heavy atom. The predicted molar refractivity (Wildman–Crippen MR) is 127 cm³/mol. The zero-order valence-corrected chi connectivity index (χ0v) is 19.7. The fourth-order valence-electron chi connectivity index (χ4n) is 4.47. The number of ether oxygens (including phenoxy) is 2. The fourth-order valence-corrected chi connectivity index (χ4v) is 5.59. The third-order valence-corrected chi connectivity index (χ3v) is 7.40. The smallest absolute Gasteiger partial charge is 0.255 e. The number of likely N-dealkylation sites (tertiary alicyclic amines) is 1. The minimum Gasteiger partial charge on any atom is -0.496 e. The highest BCUT2D eigenvalue weighted by molar-refractivity contribution is 7.16. The number of amidine groups is 1. The average Bonchev–Trinajstić information content (AvgIpc) is 3.38.